The average molecular weight is 241 g/mol. The lowest BCUT2D eigenvalue weighted by Gasteiger charge is -2.16. The van der Waals surface area contributed by atoms with Crippen molar-refractivity contribution in [2.75, 3.05) is 18.8 Å². The Hall–Kier alpha value is -1.26. The Morgan fingerprint density at radius 2 is 2.31 bits per heavy atom. The monoisotopic (exact) mass is 240 g/mol. The number of nitrogens with two attached hydrogens (primary N) is 1. The van der Waals surface area contributed by atoms with Gasteiger partial charge in [0, 0.05) is 23.8 Å². The molecule has 3 N–H and O–H groups in total. The molecular weight excluding hydrogens is 228 g/mol. The van der Waals surface area contributed by atoms with E-state index < -0.39 is 6.10 Å². The van der Waals surface area contributed by atoms with E-state index in [1.165, 1.54) is 0 Å². The first-order valence-corrected chi connectivity index (χ1v) is 5.48. The number of benzene rings is 1. The number of amides is 1. The quantitative estimate of drug-likeness (QED) is 0.724. The van der Waals surface area contributed by atoms with Crippen molar-refractivity contribution in [1.29, 1.82) is 0 Å². The minimum atomic E-state index is -0.419. The molecule has 86 valence electrons. The molecular formula is C11H13ClN2O2. The molecule has 0 radical (unpaired) electrons. The van der Waals surface area contributed by atoms with E-state index in [0.717, 1.165) is 0 Å². The Labute approximate surface area is 98.6 Å². The van der Waals surface area contributed by atoms with Crippen LogP contribution in [-0.2, 0) is 0 Å². The van der Waals surface area contributed by atoms with Crippen molar-refractivity contribution < 1.29 is 9.90 Å². The molecule has 1 aromatic carbocycles. The zero-order valence-electron chi connectivity index (χ0n) is 8.69. The number of aliphatic hydroxyl groups is 1. The van der Waals surface area contributed by atoms with Gasteiger partial charge >= 0.3 is 0 Å². The number of hydrogen-bond donors (Lipinski definition) is 2. The van der Waals surface area contributed by atoms with Gasteiger partial charge in [0.1, 0.15) is 0 Å². The molecule has 0 aliphatic carbocycles. The maximum atomic E-state index is 12.0. The number of β-amino-alcohol motifs (C(OH)–C–C–N with tert-alkyl or cyclic N) is 1. The maximum Gasteiger partial charge on any atom is 0.256 e. The minimum Gasteiger partial charge on any atom is -0.398 e. The molecule has 0 spiro atoms. The van der Waals surface area contributed by atoms with Gasteiger partial charge in [-0.05, 0) is 24.6 Å². The van der Waals surface area contributed by atoms with Crippen LogP contribution in [0.5, 0.6) is 0 Å². The second kappa shape index (κ2) is 4.31. The summed E-state index contributed by atoms with van der Waals surface area (Å²) < 4.78 is 0. The van der Waals surface area contributed by atoms with E-state index in [9.17, 15) is 9.90 Å². The third-order valence-electron chi connectivity index (χ3n) is 2.69. The molecule has 1 amide bonds. The molecule has 1 heterocycles. The summed E-state index contributed by atoms with van der Waals surface area (Å²) in [4.78, 5) is 13.6. The van der Waals surface area contributed by atoms with Gasteiger partial charge < -0.3 is 15.7 Å². The summed E-state index contributed by atoms with van der Waals surface area (Å²) in [7, 11) is 0. The molecule has 1 unspecified atom stereocenters. The number of nitrogens with zero attached hydrogens (tertiary/aromatic N) is 1. The van der Waals surface area contributed by atoms with E-state index in [1.54, 1.807) is 23.1 Å². The van der Waals surface area contributed by atoms with Gasteiger partial charge in [-0.2, -0.15) is 0 Å². The standard InChI is InChI=1S/C11H13ClN2O2/c12-7-1-2-9(10(13)5-7)11(16)14-4-3-8(15)6-14/h1-2,5,8,15H,3-4,6,13H2. The highest BCUT2D eigenvalue weighted by atomic mass is 35.5. The summed E-state index contributed by atoms with van der Waals surface area (Å²) in [6.45, 7) is 0.947. The Bertz CT molecular complexity index is 422. The Balaban J connectivity index is 2.21. The lowest BCUT2D eigenvalue weighted by molar-refractivity contribution is 0.0766. The number of halogens is 1. The number of likely N-dealkylation sites (tertiary alicyclic amines) is 1. The zero-order valence-corrected chi connectivity index (χ0v) is 9.44. The molecule has 16 heavy (non-hydrogen) atoms. The van der Waals surface area contributed by atoms with Crippen molar-refractivity contribution in [2.24, 2.45) is 0 Å². The van der Waals surface area contributed by atoms with Gasteiger partial charge in [0.2, 0.25) is 0 Å². The number of hydrogen-bond acceptors (Lipinski definition) is 3. The van der Waals surface area contributed by atoms with Crippen molar-refractivity contribution in [3.63, 3.8) is 0 Å². The fourth-order valence-corrected chi connectivity index (χ4v) is 2.01. The number of aliphatic hydroxyl groups excluding tert-OH is 1. The van der Waals surface area contributed by atoms with E-state index in [-0.39, 0.29) is 5.91 Å². The first kappa shape index (κ1) is 11.2. The van der Waals surface area contributed by atoms with Crippen LogP contribution >= 0.6 is 11.6 Å². The molecule has 1 aliphatic heterocycles. The fourth-order valence-electron chi connectivity index (χ4n) is 1.82. The smallest absolute Gasteiger partial charge is 0.256 e. The SMILES string of the molecule is Nc1cc(Cl)ccc1C(=O)N1CCC(O)C1. The van der Waals surface area contributed by atoms with Crippen LogP contribution < -0.4 is 5.73 Å². The average Bonchev–Trinajstić information content (AvgIpc) is 2.64. The highest BCUT2D eigenvalue weighted by Crippen LogP contribution is 2.21. The highest BCUT2D eigenvalue weighted by molar-refractivity contribution is 6.31. The van der Waals surface area contributed by atoms with Crippen molar-refractivity contribution in [2.45, 2.75) is 12.5 Å². The van der Waals surface area contributed by atoms with Gasteiger partial charge in [-0.3, -0.25) is 4.79 Å². The number of nitrogen functional groups attached to an aromatic ring is 1. The van der Waals surface area contributed by atoms with Gasteiger partial charge in [-0.25, -0.2) is 0 Å². The molecule has 1 atom stereocenters. The Kier molecular flexibility index (Phi) is 3.03. The fraction of sp³-hybridized carbons (Fsp3) is 0.364. The molecule has 2 rings (SSSR count). The lowest BCUT2D eigenvalue weighted by atomic mass is 10.1. The number of rotatable bonds is 1. The van der Waals surface area contributed by atoms with Crippen LogP contribution in [0.1, 0.15) is 16.8 Å². The first-order chi connectivity index (χ1) is 7.58. The molecule has 1 aliphatic rings. The summed E-state index contributed by atoms with van der Waals surface area (Å²) >= 11 is 5.76. The largest absolute Gasteiger partial charge is 0.398 e. The minimum absolute atomic E-state index is 0.147. The van der Waals surface area contributed by atoms with Crippen LogP contribution in [0.3, 0.4) is 0 Å². The summed E-state index contributed by atoms with van der Waals surface area (Å²) in [5.74, 6) is -0.147. The Morgan fingerprint density at radius 1 is 1.56 bits per heavy atom. The zero-order chi connectivity index (χ0) is 11.7. The van der Waals surface area contributed by atoms with E-state index in [4.69, 9.17) is 17.3 Å². The van der Waals surface area contributed by atoms with Crippen LogP contribution in [0, 0.1) is 0 Å². The normalized spacial score (nSPS) is 20.1. The predicted octanol–water partition coefficient (Wildman–Crippen LogP) is 1.13. The van der Waals surface area contributed by atoms with E-state index >= 15 is 0 Å². The molecule has 5 heteroatoms. The summed E-state index contributed by atoms with van der Waals surface area (Å²) in [6, 6.07) is 4.81. The second-order valence-corrected chi connectivity index (χ2v) is 4.36. The van der Waals surface area contributed by atoms with Crippen molar-refractivity contribution in [3.8, 4) is 0 Å². The van der Waals surface area contributed by atoms with Crippen LogP contribution in [0.25, 0.3) is 0 Å². The van der Waals surface area contributed by atoms with Gasteiger partial charge in [0.25, 0.3) is 5.91 Å². The third-order valence-corrected chi connectivity index (χ3v) is 2.93. The number of carbonyl (C=O) groups is 1. The van der Waals surface area contributed by atoms with Crippen molar-refractivity contribution >= 4 is 23.2 Å². The van der Waals surface area contributed by atoms with Crippen molar-refractivity contribution in [3.05, 3.63) is 28.8 Å². The predicted molar refractivity (Wildman–Crippen MR) is 62.4 cm³/mol. The second-order valence-electron chi connectivity index (χ2n) is 3.93. The molecule has 0 bridgehead atoms. The summed E-state index contributed by atoms with van der Waals surface area (Å²) in [5.41, 5.74) is 6.55. The molecule has 1 fully saturated rings. The van der Waals surface area contributed by atoms with E-state index in [0.29, 0.717) is 35.8 Å². The van der Waals surface area contributed by atoms with E-state index in [2.05, 4.69) is 0 Å². The Morgan fingerprint density at radius 3 is 2.88 bits per heavy atom. The van der Waals surface area contributed by atoms with Crippen LogP contribution in [0.15, 0.2) is 18.2 Å². The van der Waals surface area contributed by atoms with Crippen LogP contribution in [0.4, 0.5) is 5.69 Å². The molecule has 0 saturated carbocycles. The summed E-state index contributed by atoms with van der Waals surface area (Å²) in [5, 5.41) is 9.87. The third kappa shape index (κ3) is 2.13. The molecule has 4 nitrogen and oxygen atoms in total. The lowest BCUT2D eigenvalue weighted by Crippen LogP contribution is -2.30. The van der Waals surface area contributed by atoms with Gasteiger partial charge in [-0.1, -0.05) is 11.6 Å². The maximum absolute atomic E-state index is 12.0. The van der Waals surface area contributed by atoms with Crippen molar-refractivity contribution in [1.82, 2.24) is 4.90 Å². The molecule has 0 aromatic heterocycles. The highest BCUT2D eigenvalue weighted by Gasteiger charge is 2.26. The molecule has 1 aromatic rings. The van der Waals surface area contributed by atoms with Gasteiger partial charge in [0.15, 0.2) is 0 Å². The van der Waals surface area contributed by atoms with Gasteiger partial charge in [0.05, 0.1) is 11.7 Å². The number of anilines is 1. The van der Waals surface area contributed by atoms with Crippen LogP contribution in [0.2, 0.25) is 5.02 Å². The molecule has 1 saturated heterocycles. The summed E-state index contributed by atoms with van der Waals surface area (Å²) in [6.07, 6.45) is 0.205. The number of carbonyl (C=O) groups excluding carboxylic acids is 1. The first-order valence-electron chi connectivity index (χ1n) is 5.10. The van der Waals surface area contributed by atoms with Gasteiger partial charge in [-0.15, -0.1) is 0 Å². The van der Waals surface area contributed by atoms with Crippen LogP contribution in [-0.4, -0.2) is 35.1 Å². The van der Waals surface area contributed by atoms with E-state index in [1.807, 2.05) is 0 Å². The topological polar surface area (TPSA) is 66.6 Å².